The lowest BCUT2D eigenvalue weighted by Gasteiger charge is -2.27. The largest absolute Gasteiger partial charge is 0.494 e. The van der Waals surface area contributed by atoms with E-state index in [-0.39, 0.29) is 48.4 Å². The molecule has 2 aromatic rings. The number of hydrogen-bond acceptors (Lipinski definition) is 7. The summed E-state index contributed by atoms with van der Waals surface area (Å²) in [7, 11) is 5.16. The van der Waals surface area contributed by atoms with Crippen molar-refractivity contribution in [2.45, 2.75) is 39.8 Å². The van der Waals surface area contributed by atoms with Crippen LogP contribution in [0.2, 0.25) is 0 Å². The van der Waals surface area contributed by atoms with Gasteiger partial charge in [0.15, 0.2) is 23.1 Å². The topological polar surface area (TPSA) is 95.3 Å². The Morgan fingerprint density at radius 3 is 2.37 bits per heavy atom. The van der Waals surface area contributed by atoms with E-state index in [9.17, 15) is 9.90 Å². The van der Waals surface area contributed by atoms with Crippen molar-refractivity contribution in [3.8, 4) is 17.2 Å². The molecule has 0 bridgehead atoms. The molecule has 2 N–H and O–H groups in total. The zero-order valence-electron chi connectivity index (χ0n) is 21.4. The number of carbonyl (C=O) groups excluding carboxylic acids is 1. The summed E-state index contributed by atoms with van der Waals surface area (Å²) in [5.41, 5.74) is 0.906. The van der Waals surface area contributed by atoms with Crippen LogP contribution in [0.4, 0.5) is 10.1 Å². The van der Waals surface area contributed by atoms with Crippen molar-refractivity contribution in [1.29, 1.82) is 5.41 Å². The van der Waals surface area contributed by atoms with Gasteiger partial charge in [-0.3, -0.25) is 10.2 Å². The summed E-state index contributed by atoms with van der Waals surface area (Å²) < 4.78 is 31.9. The fourth-order valence-electron chi connectivity index (χ4n) is 4.20. The third-order valence-electron chi connectivity index (χ3n) is 5.84. The maximum atomic E-state index is 15.3. The molecule has 0 aliphatic carbocycles. The summed E-state index contributed by atoms with van der Waals surface area (Å²) in [5.74, 6) is -0.266. The molecule has 1 aliphatic rings. The van der Waals surface area contributed by atoms with Crippen LogP contribution in [0.5, 0.6) is 17.2 Å². The van der Waals surface area contributed by atoms with Gasteiger partial charge in [-0.25, -0.2) is 4.39 Å². The number of rotatable bonds is 10. The van der Waals surface area contributed by atoms with Crippen molar-refractivity contribution in [2.75, 3.05) is 45.9 Å². The van der Waals surface area contributed by atoms with Gasteiger partial charge in [0.05, 0.1) is 43.7 Å². The summed E-state index contributed by atoms with van der Waals surface area (Å²) in [6.45, 7) is 7.45. The number of fused-ring (bicyclic) bond motifs is 1. The van der Waals surface area contributed by atoms with Crippen LogP contribution in [0, 0.1) is 11.2 Å². The number of benzene rings is 2. The average Bonchev–Trinajstić information content (AvgIpc) is 3.09. The molecular formula is C26H34FN3O5. The van der Waals surface area contributed by atoms with Gasteiger partial charge in [-0.05, 0) is 51.5 Å². The number of ketones is 1. The number of halogens is 1. The molecule has 0 radical (unpaired) electrons. The maximum absolute atomic E-state index is 15.3. The van der Waals surface area contributed by atoms with E-state index in [4.69, 9.17) is 19.6 Å². The molecule has 2 aromatic carbocycles. The van der Waals surface area contributed by atoms with Crippen molar-refractivity contribution < 1.29 is 28.5 Å². The minimum atomic E-state index is -1.25. The van der Waals surface area contributed by atoms with Crippen molar-refractivity contribution in [2.24, 2.45) is 0 Å². The lowest BCUT2D eigenvalue weighted by molar-refractivity contribution is 0.0756. The van der Waals surface area contributed by atoms with E-state index in [1.807, 2.05) is 14.1 Å². The zero-order valence-corrected chi connectivity index (χ0v) is 21.4. The van der Waals surface area contributed by atoms with Gasteiger partial charge in [-0.15, -0.1) is 0 Å². The number of ether oxygens (including phenoxy) is 3. The summed E-state index contributed by atoms with van der Waals surface area (Å²) in [5, 5.41) is 19.3. The number of hydrogen-bond donors (Lipinski definition) is 2. The van der Waals surface area contributed by atoms with Crippen LogP contribution in [0.3, 0.4) is 0 Å². The van der Waals surface area contributed by atoms with Crippen LogP contribution in [-0.2, 0) is 12.1 Å². The van der Waals surface area contributed by atoms with Crippen LogP contribution in [0.1, 0.15) is 54.7 Å². The first-order chi connectivity index (χ1) is 16.4. The Balaban J connectivity index is 1.96. The first kappa shape index (κ1) is 26.3. The summed E-state index contributed by atoms with van der Waals surface area (Å²) >= 11 is 0. The van der Waals surface area contributed by atoms with Crippen molar-refractivity contribution in [3.05, 3.63) is 46.3 Å². The van der Waals surface area contributed by atoms with Gasteiger partial charge in [-0.1, -0.05) is 0 Å². The first-order valence-electron chi connectivity index (χ1n) is 11.5. The molecule has 8 nitrogen and oxygen atoms in total. The average molecular weight is 488 g/mol. The number of methoxy groups -OCH3 is 1. The van der Waals surface area contributed by atoms with Crippen LogP contribution < -0.4 is 19.1 Å². The second kappa shape index (κ2) is 10.1. The number of aliphatic hydroxyl groups is 1. The molecule has 0 amide bonds. The quantitative estimate of drug-likeness (QED) is 0.490. The minimum Gasteiger partial charge on any atom is -0.494 e. The summed E-state index contributed by atoms with van der Waals surface area (Å²) in [6.07, 6.45) is 0. The molecule has 0 fully saturated rings. The standard InChI is InChI=1S/C26H34FN3O5/c1-8-34-20-12-16-13-30(25(28)21(16)22(27)24(20)35-9-2)14-19(31)15-10-17(26(3,4)32)23(33-7)18(11-15)29(5)6/h10-12,28,32H,8-9,13-14H2,1-7H3. The highest BCUT2D eigenvalue weighted by Gasteiger charge is 2.34. The summed E-state index contributed by atoms with van der Waals surface area (Å²) in [4.78, 5) is 16.7. The van der Waals surface area contributed by atoms with Gasteiger partial charge in [0.2, 0.25) is 0 Å². The SMILES string of the molecule is CCOc1cc2c(c(F)c1OCC)C(=N)N(CC(=O)c1cc(N(C)C)c(OC)c(C(C)(C)O)c1)C2. The maximum Gasteiger partial charge on any atom is 0.197 e. The van der Waals surface area contributed by atoms with E-state index in [0.717, 1.165) is 0 Å². The molecule has 0 spiro atoms. The fourth-order valence-corrected chi connectivity index (χ4v) is 4.20. The van der Waals surface area contributed by atoms with Gasteiger partial charge < -0.3 is 29.1 Å². The van der Waals surface area contributed by atoms with E-state index < -0.39 is 11.4 Å². The first-order valence-corrected chi connectivity index (χ1v) is 11.5. The molecule has 1 heterocycles. The van der Waals surface area contributed by atoms with Crippen LogP contribution in [0.15, 0.2) is 18.2 Å². The van der Waals surface area contributed by atoms with E-state index in [0.29, 0.717) is 34.7 Å². The van der Waals surface area contributed by atoms with Crippen LogP contribution >= 0.6 is 0 Å². The number of amidine groups is 1. The molecule has 190 valence electrons. The van der Waals surface area contributed by atoms with Gasteiger partial charge >= 0.3 is 0 Å². The van der Waals surface area contributed by atoms with Gasteiger partial charge in [0.25, 0.3) is 0 Å². The van der Waals surface area contributed by atoms with Crippen molar-refractivity contribution in [3.63, 3.8) is 0 Å². The number of anilines is 1. The third-order valence-corrected chi connectivity index (χ3v) is 5.84. The highest BCUT2D eigenvalue weighted by molar-refractivity contribution is 6.06. The second-order valence-electron chi connectivity index (χ2n) is 9.08. The molecule has 0 aromatic heterocycles. The number of nitrogens with one attached hydrogen (secondary N) is 1. The molecule has 9 heteroatoms. The lowest BCUT2D eigenvalue weighted by Crippen LogP contribution is -2.31. The molecule has 3 rings (SSSR count). The zero-order chi connectivity index (χ0) is 26.1. The van der Waals surface area contributed by atoms with Crippen LogP contribution in [0.25, 0.3) is 0 Å². The minimum absolute atomic E-state index is 0.0216. The Hall–Kier alpha value is -3.33. The molecule has 0 atom stereocenters. The van der Waals surface area contributed by atoms with Gasteiger partial charge in [0, 0.05) is 31.8 Å². The molecule has 0 unspecified atom stereocenters. The number of nitrogens with zero attached hydrogens (tertiary/aromatic N) is 2. The summed E-state index contributed by atoms with van der Waals surface area (Å²) in [6, 6.07) is 4.99. The normalized spacial score (nSPS) is 13.1. The molecule has 35 heavy (non-hydrogen) atoms. The van der Waals surface area contributed by atoms with Gasteiger partial charge in [-0.2, -0.15) is 0 Å². The smallest absolute Gasteiger partial charge is 0.197 e. The van der Waals surface area contributed by atoms with E-state index in [1.165, 1.54) is 12.0 Å². The highest BCUT2D eigenvalue weighted by atomic mass is 19.1. The lowest BCUT2D eigenvalue weighted by atomic mass is 9.93. The Morgan fingerprint density at radius 1 is 1.17 bits per heavy atom. The van der Waals surface area contributed by atoms with E-state index >= 15 is 4.39 Å². The number of Topliss-reactive ketones (excluding diaryl/α,β-unsaturated/α-hetero) is 1. The predicted octanol–water partition coefficient (Wildman–Crippen LogP) is 3.95. The fraction of sp³-hybridized carbons (Fsp3) is 0.462. The molecule has 1 aliphatic heterocycles. The Labute approximate surface area is 205 Å². The van der Waals surface area contributed by atoms with E-state index in [1.54, 1.807) is 50.8 Å². The molecule has 0 saturated carbocycles. The Morgan fingerprint density at radius 2 is 1.83 bits per heavy atom. The monoisotopic (exact) mass is 487 g/mol. The highest BCUT2D eigenvalue weighted by Crippen LogP contribution is 2.40. The third kappa shape index (κ3) is 5.05. The predicted molar refractivity (Wildman–Crippen MR) is 133 cm³/mol. The Bertz CT molecular complexity index is 1140. The van der Waals surface area contributed by atoms with Crippen molar-refractivity contribution >= 4 is 17.3 Å². The van der Waals surface area contributed by atoms with E-state index in [2.05, 4.69) is 0 Å². The second-order valence-corrected chi connectivity index (χ2v) is 9.08. The van der Waals surface area contributed by atoms with Crippen molar-refractivity contribution in [1.82, 2.24) is 4.90 Å². The molecule has 0 saturated heterocycles. The van der Waals surface area contributed by atoms with Gasteiger partial charge in [0.1, 0.15) is 11.6 Å². The number of carbonyl (C=O) groups is 1. The van der Waals surface area contributed by atoms with Crippen LogP contribution in [-0.4, -0.2) is 62.6 Å². The molecular weight excluding hydrogens is 453 g/mol. The Kier molecular flexibility index (Phi) is 7.59.